The van der Waals surface area contributed by atoms with Gasteiger partial charge in [0.05, 0.1) is 5.69 Å². The summed E-state index contributed by atoms with van der Waals surface area (Å²) in [6, 6.07) is 6.63. The van der Waals surface area contributed by atoms with Gasteiger partial charge < -0.3 is 5.32 Å². The largest absolute Gasteiger partial charge is 0.382 e. The first kappa shape index (κ1) is 9.60. The van der Waals surface area contributed by atoms with Gasteiger partial charge in [0.1, 0.15) is 5.82 Å². The van der Waals surface area contributed by atoms with Gasteiger partial charge >= 0.3 is 0 Å². The van der Waals surface area contributed by atoms with Crippen molar-refractivity contribution in [3.8, 4) is 11.8 Å². The molecule has 1 aromatic rings. The van der Waals surface area contributed by atoms with E-state index in [4.69, 9.17) is 0 Å². The van der Waals surface area contributed by atoms with Crippen LogP contribution in [0.2, 0.25) is 0 Å². The molecule has 0 aliphatic rings. The molecule has 2 heteroatoms. The van der Waals surface area contributed by atoms with Crippen LogP contribution in [-0.2, 0) is 0 Å². The van der Waals surface area contributed by atoms with Crippen LogP contribution in [-0.4, -0.2) is 6.54 Å². The standard InChI is InChI=1S/C11H12FN/c1-2-3-6-9-13-11-8-5-4-7-10(11)12/h4-5,7-8,13H,6,9H2,1H3. The zero-order valence-electron chi connectivity index (χ0n) is 7.60. The summed E-state index contributed by atoms with van der Waals surface area (Å²) in [5.41, 5.74) is 0.542. The smallest absolute Gasteiger partial charge is 0.146 e. The molecule has 0 bridgehead atoms. The molecule has 0 saturated heterocycles. The molecular weight excluding hydrogens is 165 g/mol. The lowest BCUT2D eigenvalue weighted by molar-refractivity contribution is 0.630. The second kappa shape index (κ2) is 5.21. The van der Waals surface area contributed by atoms with Gasteiger partial charge in [-0.05, 0) is 19.1 Å². The van der Waals surface area contributed by atoms with Crippen LogP contribution in [0.5, 0.6) is 0 Å². The Balaban J connectivity index is 2.44. The highest BCUT2D eigenvalue weighted by molar-refractivity contribution is 5.44. The van der Waals surface area contributed by atoms with Crippen molar-refractivity contribution in [3.05, 3.63) is 30.1 Å². The molecule has 0 radical (unpaired) electrons. The number of hydrogen-bond donors (Lipinski definition) is 1. The molecule has 0 aliphatic heterocycles. The van der Waals surface area contributed by atoms with Gasteiger partial charge in [0, 0.05) is 13.0 Å². The number of rotatable bonds is 3. The zero-order chi connectivity index (χ0) is 9.52. The molecule has 0 aliphatic carbocycles. The van der Waals surface area contributed by atoms with Gasteiger partial charge in [0.2, 0.25) is 0 Å². The number of hydrogen-bond acceptors (Lipinski definition) is 1. The first-order valence-corrected chi connectivity index (χ1v) is 4.22. The summed E-state index contributed by atoms with van der Waals surface area (Å²) in [6.45, 7) is 2.48. The summed E-state index contributed by atoms with van der Waals surface area (Å²) in [5, 5.41) is 2.97. The highest BCUT2D eigenvalue weighted by Crippen LogP contribution is 2.11. The topological polar surface area (TPSA) is 12.0 Å². The fraction of sp³-hybridized carbons (Fsp3) is 0.273. The van der Waals surface area contributed by atoms with Crippen LogP contribution in [0.3, 0.4) is 0 Å². The maximum Gasteiger partial charge on any atom is 0.146 e. The van der Waals surface area contributed by atoms with E-state index in [0.717, 1.165) is 6.42 Å². The first-order valence-electron chi connectivity index (χ1n) is 4.22. The lowest BCUT2D eigenvalue weighted by Crippen LogP contribution is -2.01. The van der Waals surface area contributed by atoms with Crippen molar-refractivity contribution in [2.45, 2.75) is 13.3 Å². The number of halogens is 1. The van der Waals surface area contributed by atoms with Crippen molar-refractivity contribution in [1.82, 2.24) is 0 Å². The molecule has 0 heterocycles. The average molecular weight is 177 g/mol. The third-order valence-electron chi connectivity index (χ3n) is 1.62. The van der Waals surface area contributed by atoms with Crippen molar-refractivity contribution in [3.63, 3.8) is 0 Å². The minimum absolute atomic E-state index is 0.216. The molecule has 68 valence electrons. The molecule has 0 saturated carbocycles. The van der Waals surface area contributed by atoms with Crippen LogP contribution in [0.4, 0.5) is 10.1 Å². The van der Waals surface area contributed by atoms with Gasteiger partial charge in [0.15, 0.2) is 0 Å². The highest BCUT2D eigenvalue weighted by atomic mass is 19.1. The lowest BCUT2D eigenvalue weighted by Gasteiger charge is -2.03. The van der Waals surface area contributed by atoms with Gasteiger partial charge in [-0.25, -0.2) is 4.39 Å². The third-order valence-corrected chi connectivity index (χ3v) is 1.62. The molecule has 1 nitrogen and oxygen atoms in total. The van der Waals surface area contributed by atoms with Crippen LogP contribution >= 0.6 is 0 Å². The Morgan fingerprint density at radius 1 is 1.38 bits per heavy atom. The first-order chi connectivity index (χ1) is 6.34. The van der Waals surface area contributed by atoms with Crippen LogP contribution in [0, 0.1) is 17.7 Å². The Bertz CT molecular complexity index is 322. The maximum absolute atomic E-state index is 13.0. The van der Waals surface area contributed by atoms with E-state index in [1.807, 2.05) is 0 Å². The van der Waals surface area contributed by atoms with Crippen LogP contribution in [0.15, 0.2) is 24.3 Å². The van der Waals surface area contributed by atoms with E-state index >= 15 is 0 Å². The summed E-state index contributed by atoms with van der Waals surface area (Å²) in [7, 11) is 0. The van der Waals surface area contributed by atoms with E-state index in [0.29, 0.717) is 12.2 Å². The summed E-state index contributed by atoms with van der Waals surface area (Å²) in [5.74, 6) is 5.47. The Morgan fingerprint density at radius 2 is 2.15 bits per heavy atom. The number of nitrogens with one attached hydrogen (secondary N) is 1. The predicted molar refractivity (Wildman–Crippen MR) is 53.0 cm³/mol. The van der Waals surface area contributed by atoms with Gasteiger partial charge in [-0.3, -0.25) is 0 Å². The molecule has 0 aromatic heterocycles. The maximum atomic E-state index is 13.0. The van der Waals surface area contributed by atoms with E-state index < -0.39 is 0 Å². The molecule has 1 rings (SSSR count). The average Bonchev–Trinajstić information content (AvgIpc) is 2.15. The Morgan fingerprint density at radius 3 is 2.85 bits per heavy atom. The summed E-state index contributed by atoms with van der Waals surface area (Å²) >= 11 is 0. The van der Waals surface area contributed by atoms with E-state index in [9.17, 15) is 4.39 Å². The molecule has 1 N–H and O–H groups in total. The van der Waals surface area contributed by atoms with E-state index in [1.165, 1.54) is 6.07 Å². The fourth-order valence-electron chi connectivity index (χ4n) is 0.989. The minimum atomic E-state index is -0.216. The highest BCUT2D eigenvalue weighted by Gasteiger charge is 1.96. The molecule has 0 atom stereocenters. The van der Waals surface area contributed by atoms with Crippen LogP contribution < -0.4 is 5.32 Å². The minimum Gasteiger partial charge on any atom is -0.382 e. The van der Waals surface area contributed by atoms with Gasteiger partial charge in [0.25, 0.3) is 0 Å². The lowest BCUT2D eigenvalue weighted by atomic mass is 10.3. The molecular formula is C11H12FN. The predicted octanol–water partition coefficient (Wildman–Crippen LogP) is 2.65. The monoisotopic (exact) mass is 177 g/mol. The molecule has 0 fully saturated rings. The normalized spacial score (nSPS) is 8.77. The molecule has 0 unspecified atom stereocenters. The fourth-order valence-corrected chi connectivity index (χ4v) is 0.989. The van der Waals surface area contributed by atoms with Crippen molar-refractivity contribution >= 4 is 5.69 Å². The van der Waals surface area contributed by atoms with Gasteiger partial charge in [-0.15, -0.1) is 11.8 Å². The molecule has 0 spiro atoms. The van der Waals surface area contributed by atoms with Crippen molar-refractivity contribution in [1.29, 1.82) is 0 Å². The third kappa shape index (κ3) is 3.16. The zero-order valence-corrected chi connectivity index (χ0v) is 7.60. The van der Waals surface area contributed by atoms with Gasteiger partial charge in [-0.2, -0.15) is 0 Å². The molecule has 0 amide bonds. The Hall–Kier alpha value is -1.49. The Labute approximate surface area is 78.0 Å². The Kier molecular flexibility index (Phi) is 3.84. The molecule has 1 aromatic carbocycles. The van der Waals surface area contributed by atoms with Crippen molar-refractivity contribution in [2.75, 3.05) is 11.9 Å². The second-order valence-electron chi connectivity index (χ2n) is 2.58. The number of para-hydroxylation sites is 1. The van der Waals surface area contributed by atoms with Crippen molar-refractivity contribution in [2.24, 2.45) is 0 Å². The molecule has 13 heavy (non-hydrogen) atoms. The number of anilines is 1. The SMILES string of the molecule is CC#CCCNc1ccccc1F. The van der Waals surface area contributed by atoms with E-state index in [2.05, 4.69) is 17.2 Å². The van der Waals surface area contributed by atoms with Gasteiger partial charge in [-0.1, -0.05) is 12.1 Å². The van der Waals surface area contributed by atoms with Crippen LogP contribution in [0.1, 0.15) is 13.3 Å². The quantitative estimate of drug-likeness (QED) is 0.553. The number of benzene rings is 1. The summed E-state index contributed by atoms with van der Waals surface area (Å²) < 4.78 is 13.0. The second-order valence-corrected chi connectivity index (χ2v) is 2.58. The summed E-state index contributed by atoms with van der Waals surface area (Å²) in [4.78, 5) is 0. The summed E-state index contributed by atoms with van der Waals surface area (Å²) in [6.07, 6.45) is 0.741. The van der Waals surface area contributed by atoms with Crippen LogP contribution in [0.25, 0.3) is 0 Å². The van der Waals surface area contributed by atoms with Crippen molar-refractivity contribution < 1.29 is 4.39 Å². The van der Waals surface area contributed by atoms with E-state index in [1.54, 1.807) is 25.1 Å². The van der Waals surface area contributed by atoms with E-state index in [-0.39, 0.29) is 5.82 Å².